The third kappa shape index (κ3) is 6.31. The second-order valence-electron chi connectivity index (χ2n) is 13.3. The summed E-state index contributed by atoms with van der Waals surface area (Å²) in [7, 11) is -1.90. The molecular weight excluding hydrogens is 552 g/mol. The molecule has 0 atom stereocenters. The third-order valence-corrected chi connectivity index (χ3v) is 13.7. The maximum atomic E-state index is 14.0. The highest BCUT2D eigenvalue weighted by atomic mass is 28.4. The normalized spacial score (nSPS) is 15.5. The minimum Gasteiger partial charge on any atom is -0.489 e. The zero-order valence-corrected chi connectivity index (χ0v) is 27.0. The summed E-state index contributed by atoms with van der Waals surface area (Å²) in [5.74, 6) is 1.53. The summed E-state index contributed by atoms with van der Waals surface area (Å²) in [6.45, 7) is 14.1. The number of rotatable bonds is 10. The molecule has 2 aromatic carbocycles. The molecule has 0 unspecified atom stereocenters. The average molecular weight is 595 g/mol. The number of nitrogens with zero attached hydrogens (tertiary/aromatic N) is 4. The lowest BCUT2D eigenvalue weighted by molar-refractivity contribution is 0.0666. The fourth-order valence-corrected chi connectivity index (χ4v) is 6.36. The van der Waals surface area contributed by atoms with Crippen molar-refractivity contribution < 1.29 is 14.0 Å². The van der Waals surface area contributed by atoms with Crippen LogP contribution in [0.25, 0.3) is 22.4 Å². The van der Waals surface area contributed by atoms with Gasteiger partial charge in [-0.3, -0.25) is 14.5 Å². The Morgan fingerprint density at radius 2 is 1.60 bits per heavy atom. The minimum atomic E-state index is -1.90. The van der Waals surface area contributed by atoms with Crippen LogP contribution in [0.5, 0.6) is 5.75 Å². The number of carbonyl (C=O) groups is 1. The van der Waals surface area contributed by atoms with Crippen molar-refractivity contribution in [3.8, 4) is 28.1 Å². The highest BCUT2D eigenvalue weighted by molar-refractivity contribution is 6.74. The van der Waals surface area contributed by atoms with Crippen molar-refractivity contribution in [1.29, 1.82) is 0 Å². The van der Waals surface area contributed by atoms with E-state index in [0.29, 0.717) is 38.5 Å². The van der Waals surface area contributed by atoms with Gasteiger partial charge in [0.1, 0.15) is 23.7 Å². The third-order valence-electron chi connectivity index (χ3n) is 9.18. The van der Waals surface area contributed by atoms with Crippen molar-refractivity contribution in [3.05, 3.63) is 89.9 Å². The molecule has 3 heterocycles. The molecule has 1 aliphatic heterocycles. The number of carbonyl (C=O) groups excluding carboxylic acids is 1. The number of hydrogen-bond acceptors (Lipinski definition) is 5. The summed E-state index contributed by atoms with van der Waals surface area (Å²) < 4.78 is 14.4. The van der Waals surface area contributed by atoms with Crippen LogP contribution < -0.4 is 4.74 Å². The van der Waals surface area contributed by atoms with Gasteiger partial charge in [0.15, 0.2) is 8.32 Å². The molecule has 8 heteroatoms. The molecule has 0 bridgehead atoms. The lowest BCUT2D eigenvalue weighted by Gasteiger charge is -2.37. The van der Waals surface area contributed by atoms with Crippen molar-refractivity contribution in [2.75, 3.05) is 19.7 Å². The van der Waals surface area contributed by atoms with Gasteiger partial charge in [-0.25, -0.2) is 0 Å². The Bertz CT molecular complexity index is 1570. The van der Waals surface area contributed by atoms with Gasteiger partial charge in [-0.1, -0.05) is 57.2 Å². The van der Waals surface area contributed by atoms with E-state index in [1.54, 1.807) is 12.4 Å². The lowest BCUT2D eigenvalue weighted by Crippen LogP contribution is -2.46. The van der Waals surface area contributed by atoms with Gasteiger partial charge in [-0.15, -0.1) is 0 Å². The number of benzene rings is 2. The van der Waals surface area contributed by atoms with Crippen molar-refractivity contribution in [2.45, 2.75) is 70.8 Å². The Morgan fingerprint density at radius 1 is 0.907 bits per heavy atom. The predicted octanol–water partition coefficient (Wildman–Crippen LogP) is 7.55. The standard InChI is InChI=1S/C35H42N4O3Si/c1-35(2,3)43(4,5)42-23-22-38-20-21-39-33(34(38)40)31(32(37-39)29-16-18-36-19-17-29)28-12-14-30(15-13-28)41-24-25-6-8-26(9-7-25)27-10-11-27/h6-9,12-19,27H,10-11,20-24H2,1-5H3. The van der Waals surface area contributed by atoms with Crippen LogP contribution in [0.15, 0.2) is 73.1 Å². The van der Waals surface area contributed by atoms with Crippen molar-refractivity contribution in [1.82, 2.24) is 19.7 Å². The Balaban J connectivity index is 1.23. The summed E-state index contributed by atoms with van der Waals surface area (Å²) >= 11 is 0. The number of fused-ring (bicyclic) bond motifs is 1. The maximum Gasteiger partial charge on any atom is 0.272 e. The first kappa shape index (κ1) is 29.3. The first-order chi connectivity index (χ1) is 20.6. The van der Waals surface area contributed by atoms with Crippen LogP contribution >= 0.6 is 0 Å². The zero-order chi connectivity index (χ0) is 30.2. The van der Waals surface area contributed by atoms with E-state index in [4.69, 9.17) is 14.3 Å². The molecule has 2 aliphatic rings. The molecule has 7 nitrogen and oxygen atoms in total. The Morgan fingerprint density at radius 3 is 2.26 bits per heavy atom. The molecule has 0 spiro atoms. The lowest BCUT2D eigenvalue weighted by atomic mass is 9.98. The van der Waals surface area contributed by atoms with Gasteiger partial charge in [0.25, 0.3) is 5.91 Å². The second-order valence-corrected chi connectivity index (χ2v) is 18.1. The highest BCUT2D eigenvalue weighted by Crippen LogP contribution is 2.40. The Hall–Kier alpha value is -3.75. The monoisotopic (exact) mass is 594 g/mol. The van der Waals surface area contributed by atoms with Gasteiger partial charge in [0.05, 0.1) is 13.2 Å². The van der Waals surface area contributed by atoms with Gasteiger partial charge in [-0.05, 0) is 77.8 Å². The van der Waals surface area contributed by atoms with Crippen LogP contribution in [-0.2, 0) is 17.6 Å². The molecular formula is C35H42N4O3Si. The van der Waals surface area contributed by atoms with Crippen LogP contribution in [0.2, 0.25) is 18.1 Å². The van der Waals surface area contributed by atoms with E-state index in [1.165, 1.54) is 18.4 Å². The molecule has 0 radical (unpaired) electrons. The topological polar surface area (TPSA) is 69.5 Å². The quantitative estimate of drug-likeness (QED) is 0.177. The van der Waals surface area contributed by atoms with Gasteiger partial charge in [-0.2, -0.15) is 5.10 Å². The molecule has 0 N–H and O–H groups in total. The Labute approximate surface area is 256 Å². The van der Waals surface area contributed by atoms with E-state index in [1.807, 2.05) is 46.0 Å². The molecule has 1 amide bonds. The fraction of sp³-hybridized carbons (Fsp3) is 0.400. The number of ether oxygens (including phenoxy) is 1. The molecule has 4 aromatic rings. The smallest absolute Gasteiger partial charge is 0.272 e. The summed E-state index contributed by atoms with van der Waals surface area (Å²) in [5, 5.41) is 5.07. The molecule has 1 fully saturated rings. The van der Waals surface area contributed by atoms with E-state index in [-0.39, 0.29) is 10.9 Å². The molecule has 6 rings (SSSR count). The largest absolute Gasteiger partial charge is 0.489 e. The fourth-order valence-electron chi connectivity index (χ4n) is 5.32. The minimum absolute atomic E-state index is 0.0112. The van der Waals surface area contributed by atoms with E-state index < -0.39 is 8.32 Å². The molecule has 2 aromatic heterocycles. The molecule has 1 aliphatic carbocycles. The second kappa shape index (κ2) is 11.7. The van der Waals surface area contributed by atoms with Crippen molar-refractivity contribution in [2.24, 2.45) is 0 Å². The number of aromatic nitrogens is 3. The van der Waals surface area contributed by atoms with E-state index in [9.17, 15) is 4.79 Å². The zero-order valence-electron chi connectivity index (χ0n) is 26.0. The van der Waals surface area contributed by atoms with Gasteiger partial charge in [0, 0.05) is 36.6 Å². The number of amides is 1. The van der Waals surface area contributed by atoms with Gasteiger partial charge < -0.3 is 14.1 Å². The SMILES string of the molecule is CC(C)(C)[Si](C)(C)OCCN1CCn2nc(-c3ccncc3)c(-c3ccc(OCc4ccc(C5CC5)cc4)cc3)c2C1=O. The average Bonchev–Trinajstić information content (AvgIpc) is 3.77. The first-order valence-corrected chi connectivity index (χ1v) is 18.3. The molecule has 224 valence electrons. The predicted molar refractivity (Wildman–Crippen MR) is 173 cm³/mol. The summed E-state index contributed by atoms with van der Waals surface area (Å²) in [6.07, 6.45) is 6.14. The van der Waals surface area contributed by atoms with Gasteiger partial charge in [0.2, 0.25) is 0 Å². The number of hydrogen-bond donors (Lipinski definition) is 0. The molecule has 43 heavy (non-hydrogen) atoms. The van der Waals surface area contributed by atoms with Gasteiger partial charge >= 0.3 is 0 Å². The first-order valence-electron chi connectivity index (χ1n) is 15.4. The van der Waals surface area contributed by atoms with Crippen molar-refractivity contribution >= 4 is 14.2 Å². The molecule has 1 saturated carbocycles. The maximum absolute atomic E-state index is 14.0. The van der Waals surface area contributed by atoms with Crippen molar-refractivity contribution in [3.63, 3.8) is 0 Å². The summed E-state index contributed by atoms with van der Waals surface area (Å²) in [4.78, 5) is 20.1. The molecule has 0 saturated heterocycles. The van der Waals surface area contributed by atoms with Crippen LogP contribution in [0, 0.1) is 0 Å². The van der Waals surface area contributed by atoms with E-state index >= 15 is 0 Å². The van der Waals surface area contributed by atoms with Crippen LogP contribution in [0.1, 0.15) is 61.1 Å². The summed E-state index contributed by atoms with van der Waals surface area (Å²) in [6, 6.07) is 20.7. The number of pyridine rings is 1. The summed E-state index contributed by atoms with van der Waals surface area (Å²) in [5.41, 5.74) is 6.70. The highest BCUT2D eigenvalue weighted by Gasteiger charge is 2.38. The van der Waals surface area contributed by atoms with Crippen LogP contribution in [0.3, 0.4) is 0 Å². The van der Waals surface area contributed by atoms with Crippen LogP contribution in [0.4, 0.5) is 0 Å². The van der Waals surface area contributed by atoms with E-state index in [2.05, 4.69) is 63.1 Å². The van der Waals surface area contributed by atoms with E-state index in [0.717, 1.165) is 39.6 Å². The Kier molecular flexibility index (Phi) is 8.00. The van der Waals surface area contributed by atoms with Crippen LogP contribution in [-0.4, -0.2) is 53.6 Å².